The summed E-state index contributed by atoms with van der Waals surface area (Å²) in [7, 11) is -3.39. The Kier molecular flexibility index (Phi) is 5.36. The van der Waals surface area contributed by atoms with Crippen LogP contribution in [0.25, 0.3) is 0 Å². The molecular formula is C15H22N2O3S. The Labute approximate surface area is 126 Å². The molecule has 0 radical (unpaired) electrons. The molecule has 116 valence electrons. The first-order valence-electron chi connectivity index (χ1n) is 7.39. The smallest absolute Gasteiger partial charge is 0.240 e. The summed E-state index contributed by atoms with van der Waals surface area (Å²) < 4.78 is 26.4. The molecule has 2 rings (SSSR count). The minimum atomic E-state index is -3.39. The predicted molar refractivity (Wildman–Crippen MR) is 81.4 cm³/mol. The van der Waals surface area contributed by atoms with Crippen molar-refractivity contribution in [2.45, 2.75) is 37.5 Å². The number of hydrogen-bond donors (Lipinski definition) is 1. The van der Waals surface area contributed by atoms with Gasteiger partial charge < -0.3 is 4.90 Å². The van der Waals surface area contributed by atoms with E-state index in [1.54, 1.807) is 12.1 Å². The molecule has 1 aliphatic rings. The van der Waals surface area contributed by atoms with Gasteiger partial charge in [-0.15, -0.1) is 0 Å². The largest absolute Gasteiger partial charge is 0.342 e. The van der Waals surface area contributed by atoms with Crippen LogP contribution >= 0.6 is 0 Å². The highest BCUT2D eigenvalue weighted by Gasteiger charge is 2.19. The summed E-state index contributed by atoms with van der Waals surface area (Å²) >= 11 is 0. The molecule has 5 nitrogen and oxygen atoms in total. The minimum absolute atomic E-state index is 0.220. The van der Waals surface area contributed by atoms with Gasteiger partial charge in [0.15, 0.2) is 0 Å². The lowest BCUT2D eigenvalue weighted by atomic mass is 10.1. The number of carbonyl (C=O) groups is 1. The Hall–Kier alpha value is -1.40. The Morgan fingerprint density at radius 3 is 2.52 bits per heavy atom. The third-order valence-electron chi connectivity index (χ3n) is 3.62. The van der Waals surface area contributed by atoms with E-state index in [1.807, 2.05) is 24.0 Å². The van der Waals surface area contributed by atoms with Gasteiger partial charge in [0.1, 0.15) is 0 Å². The molecule has 6 heteroatoms. The van der Waals surface area contributed by atoms with Crippen LogP contribution in [-0.2, 0) is 21.2 Å². The number of sulfonamides is 1. The van der Waals surface area contributed by atoms with Crippen LogP contribution in [0, 0.1) is 0 Å². The van der Waals surface area contributed by atoms with Gasteiger partial charge in [-0.2, -0.15) is 0 Å². The van der Waals surface area contributed by atoms with Gasteiger partial charge in [-0.3, -0.25) is 4.79 Å². The number of hydrogen-bond acceptors (Lipinski definition) is 3. The maximum absolute atomic E-state index is 11.9. The number of carbonyl (C=O) groups excluding carboxylic acids is 1. The third kappa shape index (κ3) is 4.28. The molecule has 1 heterocycles. The zero-order valence-corrected chi connectivity index (χ0v) is 13.2. The van der Waals surface area contributed by atoms with Gasteiger partial charge in [0.05, 0.1) is 4.90 Å². The maximum Gasteiger partial charge on any atom is 0.240 e. The summed E-state index contributed by atoms with van der Waals surface area (Å²) in [5, 5.41) is 0. The lowest BCUT2D eigenvalue weighted by molar-refractivity contribution is -0.127. The van der Waals surface area contributed by atoms with Crippen LogP contribution in [0.15, 0.2) is 29.2 Å². The van der Waals surface area contributed by atoms with Crippen LogP contribution in [0.1, 0.15) is 31.7 Å². The third-order valence-corrected chi connectivity index (χ3v) is 5.09. The molecule has 1 fully saturated rings. The van der Waals surface area contributed by atoms with E-state index in [1.165, 1.54) is 0 Å². The summed E-state index contributed by atoms with van der Waals surface area (Å²) in [6, 6.07) is 6.89. The van der Waals surface area contributed by atoms with E-state index in [9.17, 15) is 13.2 Å². The van der Waals surface area contributed by atoms with Gasteiger partial charge in [0.25, 0.3) is 0 Å². The number of rotatable bonds is 7. The first-order valence-corrected chi connectivity index (χ1v) is 8.87. The lowest BCUT2D eigenvalue weighted by Gasteiger charge is -2.15. The molecule has 21 heavy (non-hydrogen) atoms. The van der Waals surface area contributed by atoms with Crippen molar-refractivity contribution in [2.75, 3.05) is 19.6 Å². The molecule has 1 amide bonds. The molecule has 1 aromatic carbocycles. The summed E-state index contributed by atoms with van der Waals surface area (Å²) in [5.41, 5.74) is 1.05. The fraction of sp³-hybridized carbons (Fsp3) is 0.533. The zero-order valence-electron chi connectivity index (χ0n) is 12.3. The Balaban J connectivity index is 1.94. The monoisotopic (exact) mass is 310 g/mol. The summed E-state index contributed by atoms with van der Waals surface area (Å²) in [6.45, 7) is 3.91. The van der Waals surface area contributed by atoms with Gasteiger partial charge in [-0.1, -0.05) is 19.1 Å². The van der Waals surface area contributed by atoms with Crippen molar-refractivity contribution in [3.63, 3.8) is 0 Å². The van der Waals surface area contributed by atoms with Crippen molar-refractivity contribution in [2.24, 2.45) is 0 Å². The molecule has 1 aromatic rings. The molecule has 0 atom stereocenters. The topological polar surface area (TPSA) is 66.5 Å². The van der Waals surface area contributed by atoms with Crippen LogP contribution < -0.4 is 4.72 Å². The second-order valence-corrected chi connectivity index (χ2v) is 7.04. The molecule has 1 saturated heterocycles. The quantitative estimate of drug-likeness (QED) is 0.831. The summed E-state index contributed by atoms with van der Waals surface area (Å²) in [6.07, 6.45) is 3.12. The van der Waals surface area contributed by atoms with Crippen LogP contribution in [0.3, 0.4) is 0 Å². The Bertz CT molecular complexity index is 581. The average Bonchev–Trinajstić information content (AvgIpc) is 2.89. The van der Waals surface area contributed by atoms with E-state index in [0.717, 1.165) is 31.4 Å². The molecular weight excluding hydrogens is 288 g/mol. The first kappa shape index (κ1) is 16.0. The number of nitrogens with one attached hydrogen (secondary N) is 1. The highest BCUT2D eigenvalue weighted by atomic mass is 32.2. The van der Waals surface area contributed by atoms with E-state index in [-0.39, 0.29) is 10.8 Å². The van der Waals surface area contributed by atoms with Crippen LogP contribution in [-0.4, -0.2) is 38.9 Å². The van der Waals surface area contributed by atoms with Crippen molar-refractivity contribution in [1.29, 1.82) is 0 Å². The molecule has 0 bridgehead atoms. The first-order chi connectivity index (χ1) is 10.0. The highest BCUT2D eigenvalue weighted by molar-refractivity contribution is 7.89. The standard InChI is InChI=1S/C15H22N2O3S/c1-2-10-16-21(19,20)14-7-5-13(6-8-14)9-12-17-11-3-4-15(17)18/h5-8,16H,2-4,9-12H2,1H3. The minimum Gasteiger partial charge on any atom is -0.342 e. The van der Waals surface area contributed by atoms with Gasteiger partial charge in [0, 0.05) is 26.1 Å². The van der Waals surface area contributed by atoms with E-state index in [0.29, 0.717) is 19.5 Å². The van der Waals surface area contributed by atoms with Crippen molar-refractivity contribution >= 4 is 15.9 Å². The molecule has 1 aliphatic heterocycles. The van der Waals surface area contributed by atoms with Crippen molar-refractivity contribution in [3.8, 4) is 0 Å². The van der Waals surface area contributed by atoms with Crippen LogP contribution in [0.2, 0.25) is 0 Å². The van der Waals surface area contributed by atoms with Crippen LogP contribution in [0.5, 0.6) is 0 Å². The Morgan fingerprint density at radius 1 is 1.24 bits per heavy atom. The van der Waals surface area contributed by atoms with Crippen LogP contribution in [0.4, 0.5) is 0 Å². The number of benzene rings is 1. The van der Waals surface area contributed by atoms with Gasteiger partial charge >= 0.3 is 0 Å². The van der Waals surface area contributed by atoms with Gasteiger partial charge in [-0.25, -0.2) is 13.1 Å². The van der Waals surface area contributed by atoms with Crippen molar-refractivity contribution in [1.82, 2.24) is 9.62 Å². The SMILES string of the molecule is CCCNS(=O)(=O)c1ccc(CCN2CCCC2=O)cc1. The second-order valence-electron chi connectivity index (χ2n) is 5.28. The molecule has 0 spiro atoms. The summed E-state index contributed by atoms with van der Waals surface area (Å²) in [4.78, 5) is 13.7. The normalized spacial score (nSPS) is 15.7. The molecule has 0 aromatic heterocycles. The molecule has 0 saturated carbocycles. The molecule has 0 unspecified atom stereocenters. The van der Waals surface area contributed by atoms with Crippen molar-refractivity contribution < 1.29 is 13.2 Å². The summed E-state index contributed by atoms with van der Waals surface area (Å²) in [5.74, 6) is 0.220. The van der Waals surface area contributed by atoms with E-state index in [2.05, 4.69) is 4.72 Å². The van der Waals surface area contributed by atoms with E-state index in [4.69, 9.17) is 0 Å². The highest BCUT2D eigenvalue weighted by Crippen LogP contribution is 2.13. The Morgan fingerprint density at radius 2 is 1.95 bits per heavy atom. The van der Waals surface area contributed by atoms with E-state index >= 15 is 0 Å². The fourth-order valence-corrected chi connectivity index (χ4v) is 3.49. The van der Waals surface area contributed by atoms with Crippen molar-refractivity contribution in [3.05, 3.63) is 29.8 Å². The van der Waals surface area contributed by atoms with Gasteiger partial charge in [0.2, 0.25) is 15.9 Å². The number of likely N-dealkylation sites (tertiary alicyclic amines) is 1. The fourth-order valence-electron chi connectivity index (χ4n) is 2.36. The number of amides is 1. The lowest BCUT2D eigenvalue weighted by Crippen LogP contribution is -2.27. The zero-order chi connectivity index (χ0) is 15.3. The average molecular weight is 310 g/mol. The number of nitrogens with zero attached hydrogens (tertiary/aromatic N) is 1. The predicted octanol–water partition coefficient (Wildman–Crippen LogP) is 1.54. The van der Waals surface area contributed by atoms with E-state index < -0.39 is 10.0 Å². The van der Waals surface area contributed by atoms with Gasteiger partial charge in [-0.05, 0) is 37.0 Å². The molecule has 1 N–H and O–H groups in total. The maximum atomic E-state index is 11.9. The second kappa shape index (κ2) is 7.04. The molecule has 0 aliphatic carbocycles.